The summed E-state index contributed by atoms with van der Waals surface area (Å²) in [4.78, 5) is 37.2. The van der Waals surface area contributed by atoms with E-state index in [1.54, 1.807) is 11.9 Å². The summed E-state index contributed by atoms with van der Waals surface area (Å²) < 4.78 is 2.17. The number of rotatable bonds is 4. The number of pyridine rings is 1. The van der Waals surface area contributed by atoms with Gasteiger partial charge in [-0.2, -0.15) is 0 Å². The number of hydrogen-bond donors (Lipinski definition) is 0. The van der Waals surface area contributed by atoms with Crippen LogP contribution in [-0.4, -0.2) is 62.8 Å². The van der Waals surface area contributed by atoms with Crippen LogP contribution in [0, 0.1) is 5.92 Å². The van der Waals surface area contributed by atoms with E-state index in [0.29, 0.717) is 25.3 Å². The molecular formula is C21H27N5O2. The Hall–Kier alpha value is -2.70. The van der Waals surface area contributed by atoms with Gasteiger partial charge in [0.15, 0.2) is 0 Å². The number of aromatic nitrogens is 3. The van der Waals surface area contributed by atoms with Crippen molar-refractivity contribution in [3.8, 4) is 0 Å². The lowest BCUT2D eigenvalue weighted by Gasteiger charge is -2.36. The molecule has 0 radical (unpaired) electrons. The van der Waals surface area contributed by atoms with Crippen LogP contribution in [0.5, 0.6) is 0 Å². The van der Waals surface area contributed by atoms with Gasteiger partial charge >= 0.3 is 0 Å². The topological polar surface area (TPSA) is 71.3 Å². The monoisotopic (exact) mass is 381 g/mol. The van der Waals surface area contributed by atoms with Crippen molar-refractivity contribution in [1.29, 1.82) is 0 Å². The van der Waals surface area contributed by atoms with Gasteiger partial charge in [0.1, 0.15) is 5.82 Å². The van der Waals surface area contributed by atoms with E-state index >= 15 is 0 Å². The van der Waals surface area contributed by atoms with Gasteiger partial charge in [0.2, 0.25) is 11.8 Å². The minimum Gasteiger partial charge on any atom is -0.345 e. The highest BCUT2D eigenvalue weighted by atomic mass is 16.2. The van der Waals surface area contributed by atoms with Crippen LogP contribution in [0.2, 0.25) is 0 Å². The van der Waals surface area contributed by atoms with Crippen LogP contribution in [0.1, 0.15) is 43.1 Å². The van der Waals surface area contributed by atoms with E-state index in [1.165, 1.54) is 0 Å². The van der Waals surface area contributed by atoms with Crippen LogP contribution in [-0.2, 0) is 16.1 Å². The Labute approximate surface area is 165 Å². The molecular weight excluding hydrogens is 354 g/mol. The fourth-order valence-electron chi connectivity index (χ4n) is 4.31. The lowest BCUT2D eigenvalue weighted by atomic mass is 9.92. The smallest absolute Gasteiger partial charge is 0.227 e. The van der Waals surface area contributed by atoms with Crippen molar-refractivity contribution in [3.63, 3.8) is 0 Å². The number of carbonyl (C=O) groups excluding carboxylic acids is 2. The molecule has 2 amide bonds. The first-order valence-corrected chi connectivity index (χ1v) is 10.1. The van der Waals surface area contributed by atoms with Gasteiger partial charge in [-0.3, -0.25) is 14.6 Å². The van der Waals surface area contributed by atoms with Gasteiger partial charge in [0, 0.05) is 57.6 Å². The molecule has 0 aliphatic carbocycles. The predicted octanol–water partition coefficient (Wildman–Crippen LogP) is 1.90. The second kappa shape index (κ2) is 8.12. The molecule has 2 aliphatic heterocycles. The minimum absolute atomic E-state index is 0.0506. The Morgan fingerprint density at radius 1 is 1.14 bits per heavy atom. The Bertz CT molecular complexity index is 826. The third-order valence-electron chi connectivity index (χ3n) is 5.95. The Kier molecular flexibility index (Phi) is 5.41. The summed E-state index contributed by atoms with van der Waals surface area (Å²) in [7, 11) is 1.79. The molecule has 0 N–H and O–H groups in total. The Morgan fingerprint density at radius 2 is 1.96 bits per heavy atom. The first-order chi connectivity index (χ1) is 13.6. The Balaban J connectivity index is 1.35. The molecule has 2 fully saturated rings. The molecule has 7 nitrogen and oxygen atoms in total. The van der Waals surface area contributed by atoms with Gasteiger partial charge < -0.3 is 14.4 Å². The average Bonchev–Trinajstić information content (AvgIpc) is 3.18. The molecule has 2 aromatic rings. The number of nitrogens with zero attached hydrogens (tertiary/aromatic N) is 5. The van der Waals surface area contributed by atoms with Crippen LogP contribution in [0.25, 0.3) is 0 Å². The van der Waals surface area contributed by atoms with Crippen LogP contribution in [0.3, 0.4) is 0 Å². The summed E-state index contributed by atoms with van der Waals surface area (Å²) in [6.07, 6.45) is 8.68. The lowest BCUT2D eigenvalue weighted by Crippen LogP contribution is -2.47. The van der Waals surface area contributed by atoms with E-state index in [-0.39, 0.29) is 17.7 Å². The lowest BCUT2D eigenvalue weighted by molar-refractivity contribution is -0.142. The molecule has 2 aromatic heterocycles. The van der Waals surface area contributed by atoms with Crippen LogP contribution in [0.4, 0.5) is 0 Å². The molecule has 2 aliphatic rings. The van der Waals surface area contributed by atoms with E-state index < -0.39 is 0 Å². The first kappa shape index (κ1) is 18.7. The summed E-state index contributed by atoms with van der Waals surface area (Å²) in [5, 5.41) is 0. The van der Waals surface area contributed by atoms with Gasteiger partial charge in [-0.1, -0.05) is 6.07 Å². The number of likely N-dealkylation sites (tertiary alicyclic amines) is 2. The summed E-state index contributed by atoms with van der Waals surface area (Å²) in [6, 6.07) is 5.95. The first-order valence-electron chi connectivity index (χ1n) is 10.1. The minimum atomic E-state index is -0.0506. The maximum absolute atomic E-state index is 12.9. The Morgan fingerprint density at radius 3 is 2.68 bits per heavy atom. The van der Waals surface area contributed by atoms with E-state index in [4.69, 9.17) is 0 Å². The van der Waals surface area contributed by atoms with Crippen molar-refractivity contribution in [2.45, 2.75) is 38.1 Å². The fraction of sp³-hybridized carbons (Fsp3) is 0.524. The molecule has 28 heavy (non-hydrogen) atoms. The zero-order valence-corrected chi connectivity index (χ0v) is 16.3. The van der Waals surface area contributed by atoms with E-state index in [9.17, 15) is 9.59 Å². The third-order valence-corrected chi connectivity index (χ3v) is 5.95. The van der Waals surface area contributed by atoms with Gasteiger partial charge in [0.05, 0.1) is 18.2 Å². The van der Waals surface area contributed by atoms with Crippen molar-refractivity contribution in [2.24, 2.45) is 5.92 Å². The van der Waals surface area contributed by atoms with Gasteiger partial charge in [-0.25, -0.2) is 4.98 Å². The summed E-state index contributed by atoms with van der Waals surface area (Å²) in [5.41, 5.74) is 1.02. The fourth-order valence-corrected chi connectivity index (χ4v) is 4.31. The van der Waals surface area contributed by atoms with Gasteiger partial charge in [0.25, 0.3) is 0 Å². The van der Waals surface area contributed by atoms with Crippen molar-refractivity contribution in [3.05, 3.63) is 48.3 Å². The predicted molar refractivity (Wildman–Crippen MR) is 104 cm³/mol. The quantitative estimate of drug-likeness (QED) is 0.811. The molecule has 0 saturated carbocycles. The molecule has 7 heteroatoms. The number of amides is 2. The molecule has 148 valence electrons. The molecule has 0 unspecified atom stereocenters. The summed E-state index contributed by atoms with van der Waals surface area (Å²) >= 11 is 0. The highest BCUT2D eigenvalue weighted by molar-refractivity contribution is 5.83. The highest BCUT2D eigenvalue weighted by Crippen LogP contribution is 2.29. The maximum Gasteiger partial charge on any atom is 0.227 e. The van der Waals surface area contributed by atoms with Crippen molar-refractivity contribution in [2.75, 3.05) is 26.7 Å². The number of imidazole rings is 1. The highest BCUT2D eigenvalue weighted by Gasteiger charge is 2.33. The number of hydrogen-bond acceptors (Lipinski definition) is 4. The van der Waals surface area contributed by atoms with Crippen molar-refractivity contribution in [1.82, 2.24) is 24.3 Å². The van der Waals surface area contributed by atoms with Crippen LogP contribution in [0.15, 0.2) is 36.8 Å². The molecule has 1 atom stereocenters. The van der Waals surface area contributed by atoms with Crippen molar-refractivity contribution < 1.29 is 9.59 Å². The second-order valence-electron chi connectivity index (χ2n) is 7.84. The van der Waals surface area contributed by atoms with Gasteiger partial charge in [-0.15, -0.1) is 0 Å². The SMILES string of the molecule is CN1C[C@@H](C(=O)N2CCC(c3nccn3Cc3ccccn3)CC2)CCC1=O. The van der Waals surface area contributed by atoms with E-state index in [2.05, 4.69) is 14.5 Å². The zero-order chi connectivity index (χ0) is 19.5. The molecule has 0 spiro atoms. The van der Waals surface area contributed by atoms with E-state index in [1.807, 2.05) is 41.7 Å². The zero-order valence-electron chi connectivity index (χ0n) is 16.3. The van der Waals surface area contributed by atoms with Crippen molar-refractivity contribution >= 4 is 11.8 Å². The molecule has 2 saturated heterocycles. The van der Waals surface area contributed by atoms with Crippen LogP contribution < -0.4 is 0 Å². The maximum atomic E-state index is 12.9. The van der Waals surface area contributed by atoms with Gasteiger partial charge in [-0.05, 0) is 31.4 Å². The van der Waals surface area contributed by atoms with E-state index in [0.717, 1.165) is 44.0 Å². The largest absolute Gasteiger partial charge is 0.345 e. The summed E-state index contributed by atoms with van der Waals surface area (Å²) in [5.74, 6) is 1.74. The molecule has 0 aromatic carbocycles. The number of carbonyl (C=O) groups is 2. The second-order valence-corrected chi connectivity index (χ2v) is 7.84. The molecule has 4 heterocycles. The molecule has 0 bridgehead atoms. The van der Waals surface area contributed by atoms with Crippen LogP contribution >= 0.6 is 0 Å². The summed E-state index contributed by atoms with van der Waals surface area (Å²) in [6.45, 7) is 2.78. The normalized spacial score (nSPS) is 21.2. The third kappa shape index (κ3) is 3.93. The number of piperidine rings is 2. The molecule has 4 rings (SSSR count). The standard InChI is InChI=1S/C21H27N5O2/c1-24-14-17(5-6-19(24)27)21(28)25-11-7-16(8-12-25)20-23-10-13-26(20)15-18-4-2-3-9-22-18/h2-4,9-10,13,16-17H,5-8,11-12,14-15H2,1H3/t17-/m0/s1. The average molecular weight is 381 g/mol.